The predicted molar refractivity (Wildman–Crippen MR) is 107 cm³/mol. The summed E-state index contributed by atoms with van der Waals surface area (Å²) < 4.78 is 57.4. The average Bonchev–Trinajstić information content (AvgIpc) is 2.91. The van der Waals surface area contributed by atoms with Crippen LogP contribution in [0.1, 0.15) is 18.7 Å². The molecule has 0 radical (unpaired) electrons. The number of fused-ring (bicyclic) bond motifs is 1. The summed E-state index contributed by atoms with van der Waals surface area (Å²) in [5, 5.41) is 21.0. The lowest BCUT2D eigenvalue weighted by Crippen LogP contribution is -2.43. The van der Waals surface area contributed by atoms with Gasteiger partial charge in [-0.25, -0.2) is 13.8 Å². The van der Waals surface area contributed by atoms with Gasteiger partial charge in [0.2, 0.25) is 0 Å². The van der Waals surface area contributed by atoms with Crippen LogP contribution in [0.15, 0.2) is 29.2 Å². The number of aromatic amines is 1. The van der Waals surface area contributed by atoms with Crippen molar-refractivity contribution in [3.63, 3.8) is 0 Å². The molecule has 1 unspecified atom stereocenters. The van der Waals surface area contributed by atoms with Gasteiger partial charge in [-0.3, -0.25) is 18.6 Å². The minimum atomic E-state index is -4.35. The van der Waals surface area contributed by atoms with Crippen LogP contribution in [-0.4, -0.2) is 44.4 Å². The number of hydrogen-bond acceptors (Lipinski definition) is 9. The predicted octanol–water partition coefficient (Wildman–Crippen LogP) is 2.52. The average molecular weight is 496 g/mol. The largest absolute Gasteiger partial charge is 0.530 e. The summed E-state index contributed by atoms with van der Waals surface area (Å²) in [6.45, 7) is 0.0531. The number of nitrogens with zero attached hydrogens (tertiary/aromatic N) is 1. The number of aromatic nitrogens is 2. The number of nitrogens with one attached hydrogen (secondary N) is 1. The Bertz CT molecular complexity index is 1250. The van der Waals surface area contributed by atoms with E-state index in [0.29, 0.717) is 20.7 Å². The normalized spacial score (nSPS) is 35.3. The lowest BCUT2D eigenvalue weighted by Gasteiger charge is -2.28. The smallest absolute Gasteiger partial charge is 0.404 e. The van der Waals surface area contributed by atoms with E-state index in [4.69, 9.17) is 43.5 Å². The van der Waals surface area contributed by atoms with Gasteiger partial charge < -0.3 is 19.5 Å². The third-order valence-electron chi connectivity index (χ3n) is 4.66. The zero-order valence-electron chi connectivity index (χ0n) is 16.8. The van der Waals surface area contributed by atoms with Gasteiger partial charge >= 0.3 is 13.5 Å². The number of alkyl halides is 1. The number of aliphatic hydroxyl groups excluding tert-OH is 2. The maximum Gasteiger partial charge on any atom is 0.530 e. The van der Waals surface area contributed by atoms with Crippen molar-refractivity contribution in [2.45, 2.75) is 37.8 Å². The van der Waals surface area contributed by atoms with Crippen LogP contribution in [0.5, 0.6) is 5.75 Å². The molecule has 168 valence electrons. The van der Waals surface area contributed by atoms with Crippen LogP contribution in [0.25, 0.3) is 0 Å². The molecule has 0 bridgehead atoms. The van der Waals surface area contributed by atoms with Crippen LogP contribution < -0.4 is 10.2 Å². The van der Waals surface area contributed by atoms with Crippen molar-refractivity contribution >= 4 is 31.6 Å². The summed E-state index contributed by atoms with van der Waals surface area (Å²) in [6, 6.07) is 4.43. The summed E-state index contributed by atoms with van der Waals surface area (Å²) in [5.74, 6) is -3.10. The molecule has 3 heterocycles. The van der Waals surface area contributed by atoms with Crippen molar-refractivity contribution < 1.29 is 38.8 Å². The topological polar surface area (TPSA) is 132 Å². The first kappa shape index (κ1) is 21.2. The lowest BCUT2D eigenvalue weighted by molar-refractivity contribution is -0.205. The quantitative estimate of drug-likeness (QED) is 0.432. The number of halogens is 2. The number of phosphoric ester groups is 1. The monoisotopic (exact) mass is 495 g/mol. The molecule has 1 saturated heterocycles. The first-order valence-corrected chi connectivity index (χ1v) is 11.1. The highest BCUT2D eigenvalue weighted by Gasteiger charge is 2.57. The standard InChI is InChI=1S/C17H17ClFN2O8PS/c1-8-5-21(16(24)20-14(8)31)15-12(22)13(23)17(19,28-15)7-27-30(25)26-6-9-4-10(18)2-3-11(9)29-30/h2-5,12-13,15,22-23H,6-7H2,1H3,(H,20,24,31)/t12-,13+,15-,17-,30?/m1/s1/i15D. The van der Waals surface area contributed by atoms with Crippen molar-refractivity contribution in [1.29, 1.82) is 0 Å². The molecule has 0 saturated carbocycles. The molecule has 2 aliphatic rings. The fourth-order valence-electron chi connectivity index (χ4n) is 2.98. The second-order valence-corrected chi connectivity index (χ2v) is 9.33. The first-order valence-electron chi connectivity index (χ1n) is 9.32. The molecule has 2 aliphatic heterocycles. The Morgan fingerprint density at radius 2 is 2.29 bits per heavy atom. The van der Waals surface area contributed by atoms with E-state index in [1.165, 1.54) is 25.1 Å². The van der Waals surface area contributed by atoms with E-state index in [2.05, 4.69) is 4.98 Å². The van der Waals surface area contributed by atoms with Crippen molar-refractivity contribution in [2.75, 3.05) is 6.61 Å². The fourth-order valence-corrected chi connectivity index (χ4v) is 4.54. The van der Waals surface area contributed by atoms with Gasteiger partial charge in [0, 0.05) is 22.3 Å². The van der Waals surface area contributed by atoms with E-state index in [1.807, 2.05) is 0 Å². The van der Waals surface area contributed by atoms with Gasteiger partial charge in [0.15, 0.2) is 6.20 Å². The molecule has 3 N–H and O–H groups in total. The highest BCUT2D eigenvalue weighted by molar-refractivity contribution is 7.71. The van der Waals surface area contributed by atoms with E-state index in [9.17, 15) is 19.6 Å². The van der Waals surface area contributed by atoms with Crippen LogP contribution in [0.2, 0.25) is 5.02 Å². The molecular weight excluding hydrogens is 478 g/mol. The van der Waals surface area contributed by atoms with Crippen LogP contribution in [0, 0.1) is 11.6 Å². The van der Waals surface area contributed by atoms with Crippen molar-refractivity contribution in [2.24, 2.45) is 0 Å². The summed E-state index contributed by atoms with van der Waals surface area (Å²) in [7, 11) is -4.35. The maximum absolute atomic E-state index is 15.4. The molecule has 1 aromatic carbocycles. The Balaban J connectivity index is 1.56. The molecule has 0 aliphatic carbocycles. The lowest BCUT2D eigenvalue weighted by atomic mass is 10.1. The van der Waals surface area contributed by atoms with E-state index in [0.717, 1.165) is 6.20 Å². The Kier molecular flexibility index (Phi) is 5.51. The summed E-state index contributed by atoms with van der Waals surface area (Å²) in [6.07, 6.45) is -6.29. The summed E-state index contributed by atoms with van der Waals surface area (Å²) in [5.41, 5.74) is -0.165. The number of phosphoric acid groups is 1. The van der Waals surface area contributed by atoms with Crippen LogP contribution >= 0.6 is 31.6 Å². The van der Waals surface area contributed by atoms with Gasteiger partial charge in [0.1, 0.15) is 29.2 Å². The van der Waals surface area contributed by atoms with Gasteiger partial charge in [0.25, 0.3) is 5.85 Å². The minimum absolute atomic E-state index is 0.0731. The number of H-pyrrole nitrogens is 1. The Hall–Kier alpha value is -1.63. The third kappa shape index (κ3) is 4.22. The molecule has 0 spiro atoms. The Morgan fingerprint density at radius 3 is 3.03 bits per heavy atom. The Morgan fingerprint density at radius 1 is 1.55 bits per heavy atom. The molecular formula is C17H17ClFN2O8PS. The Labute approximate surface area is 186 Å². The van der Waals surface area contributed by atoms with E-state index in [1.54, 1.807) is 0 Å². The SMILES string of the molecule is [2H][C@@]1(n2cc(C)c(=S)[nH]c2=O)O[C@](F)(COP2(=O)OCc3cc(Cl)ccc3O2)[C@@H](O)[C@H]1O. The van der Waals surface area contributed by atoms with E-state index in [-0.39, 0.29) is 17.0 Å². The first-order chi connectivity index (χ1) is 14.9. The second-order valence-electron chi connectivity index (χ2n) is 6.89. The molecule has 5 atom stereocenters. The number of aryl methyl sites for hydroxylation is 1. The third-order valence-corrected chi connectivity index (χ3v) is 6.63. The zero-order chi connectivity index (χ0) is 23.5. The highest BCUT2D eigenvalue weighted by atomic mass is 35.5. The van der Waals surface area contributed by atoms with Gasteiger partial charge in [-0.05, 0) is 25.1 Å². The molecule has 1 aromatic heterocycles. The number of aliphatic hydroxyl groups is 2. The molecule has 14 heteroatoms. The van der Waals surface area contributed by atoms with Crippen molar-refractivity contribution in [3.8, 4) is 5.75 Å². The highest BCUT2D eigenvalue weighted by Crippen LogP contribution is 2.56. The van der Waals surface area contributed by atoms with Gasteiger partial charge in [-0.1, -0.05) is 23.8 Å². The molecule has 10 nitrogen and oxygen atoms in total. The molecule has 31 heavy (non-hydrogen) atoms. The van der Waals surface area contributed by atoms with Gasteiger partial charge in [-0.15, -0.1) is 0 Å². The minimum Gasteiger partial charge on any atom is -0.404 e. The molecule has 4 rings (SSSR count). The molecule has 1 fully saturated rings. The summed E-state index contributed by atoms with van der Waals surface area (Å²) >= 11 is 10.8. The number of hydrogen-bond donors (Lipinski definition) is 3. The van der Waals surface area contributed by atoms with Crippen LogP contribution in [-0.2, 0) is 25.0 Å². The fraction of sp³-hybridized carbons (Fsp3) is 0.412. The van der Waals surface area contributed by atoms with Gasteiger partial charge in [0.05, 0.1) is 7.98 Å². The van der Waals surface area contributed by atoms with Crippen LogP contribution in [0.3, 0.4) is 0 Å². The number of ether oxygens (including phenoxy) is 1. The van der Waals surface area contributed by atoms with Crippen LogP contribution in [0.4, 0.5) is 4.39 Å². The second kappa shape index (κ2) is 8.05. The maximum atomic E-state index is 15.4. The van der Waals surface area contributed by atoms with E-state index >= 15 is 4.39 Å². The zero-order valence-corrected chi connectivity index (χ0v) is 18.2. The summed E-state index contributed by atoms with van der Waals surface area (Å²) in [4.78, 5) is 14.5. The van der Waals surface area contributed by atoms with E-state index < -0.39 is 44.4 Å². The van der Waals surface area contributed by atoms with Gasteiger partial charge in [-0.2, -0.15) is 0 Å². The van der Waals surface area contributed by atoms with Crippen molar-refractivity contribution in [1.82, 2.24) is 9.55 Å². The number of rotatable bonds is 4. The number of benzene rings is 1. The molecule has 2 aromatic rings. The molecule has 0 amide bonds. The van der Waals surface area contributed by atoms with Crippen molar-refractivity contribution in [3.05, 3.63) is 55.7 Å².